The molecule has 0 spiro atoms. The van der Waals surface area contributed by atoms with Crippen molar-refractivity contribution in [3.63, 3.8) is 0 Å². The molecule has 3 rings (SSSR count). The molecule has 0 bridgehead atoms. The Morgan fingerprint density at radius 3 is 2.42 bits per heavy atom. The summed E-state index contributed by atoms with van der Waals surface area (Å²) in [6.07, 6.45) is 1.48. The standard InChI is InChI=1S/C23H26BrN5O3S/c1-15(2)23-26-21(13-22(27-23)29(4)5)28-25-14-17-12-18(24)8-11-20(17)32-33(30,31)19-9-6-16(3)7-10-19/h6-15H,1-5H3,(H,26,27,28)/b25-14+. The molecule has 10 heteroatoms. The predicted octanol–water partition coefficient (Wildman–Crippen LogP) is 4.95. The highest BCUT2D eigenvalue weighted by atomic mass is 79.9. The fourth-order valence-corrected chi connectivity index (χ4v) is 4.07. The van der Waals surface area contributed by atoms with Crippen LogP contribution < -0.4 is 14.5 Å². The van der Waals surface area contributed by atoms with Crippen LogP contribution >= 0.6 is 15.9 Å². The molecule has 174 valence electrons. The third-order valence-corrected chi connectivity index (χ3v) is 6.31. The van der Waals surface area contributed by atoms with Crippen LogP contribution in [0.2, 0.25) is 0 Å². The van der Waals surface area contributed by atoms with E-state index in [4.69, 9.17) is 4.18 Å². The van der Waals surface area contributed by atoms with Crippen LogP contribution in [0.25, 0.3) is 0 Å². The molecule has 0 radical (unpaired) electrons. The number of hydrazone groups is 1. The quantitative estimate of drug-likeness (QED) is 0.249. The Bertz CT molecular complexity index is 1230. The molecule has 0 aliphatic rings. The Morgan fingerprint density at radius 1 is 1.09 bits per heavy atom. The lowest BCUT2D eigenvalue weighted by Gasteiger charge is -2.15. The fraction of sp³-hybridized carbons (Fsp3) is 0.261. The third-order valence-electron chi connectivity index (χ3n) is 4.57. The van der Waals surface area contributed by atoms with Crippen LogP contribution in [0, 0.1) is 6.92 Å². The van der Waals surface area contributed by atoms with E-state index in [0.717, 1.165) is 15.9 Å². The first kappa shape index (κ1) is 24.7. The van der Waals surface area contributed by atoms with Crippen molar-refractivity contribution in [2.75, 3.05) is 24.4 Å². The number of rotatable bonds is 8. The molecule has 1 N–H and O–H groups in total. The van der Waals surface area contributed by atoms with E-state index in [-0.39, 0.29) is 16.6 Å². The van der Waals surface area contributed by atoms with Crippen molar-refractivity contribution in [3.8, 4) is 5.75 Å². The molecule has 0 aliphatic heterocycles. The number of hydrogen-bond acceptors (Lipinski definition) is 8. The average molecular weight is 532 g/mol. The summed E-state index contributed by atoms with van der Waals surface area (Å²) in [6.45, 7) is 5.92. The molecule has 1 aromatic heterocycles. The van der Waals surface area contributed by atoms with Crippen LogP contribution in [0.3, 0.4) is 0 Å². The van der Waals surface area contributed by atoms with Crippen molar-refractivity contribution in [2.45, 2.75) is 31.6 Å². The molecule has 0 unspecified atom stereocenters. The summed E-state index contributed by atoms with van der Waals surface area (Å²) in [5.41, 5.74) is 4.33. The van der Waals surface area contributed by atoms with E-state index in [2.05, 4.69) is 36.4 Å². The minimum Gasteiger partial charge on any atom is -0.378 e. The van der Waals surface area contributed by atoms with Crippen LogP contribution in [-0.4, -0.2) is 38.7 Å². The Labute approximate surface area is 203 Å². The van der Waals surface area contributed by atoms with Gasteiger partial charge in [-0.2, -0.15) is 13.5 Å². The minimum absolute atomic E-state index is 0.0791. The van der Waals surface area contributed by atoms with Crippen molar-refractivity contribution >= 4 is 43.9 Å². The Balaban J connectivity index is 1.86. The first-order valence-corrected chi connectivity index (χ1v) is 12.4. The fourth-order valence-electron chi connectivity index (χ4n) is 2.73. The molecule has 8 nitrogen and oxygen atoms in total. The van der Waals surface area contributed by atoms with E-state index in [1.165, 1.54) is 18.3 Å². The van der Waals surface area contributed by atoms with Gasteiger partial charge in [0, 0.05) is 36.1 Å². The van der Waals surface area contributed by atoms with E-state index in [1.807, 2.05) is 39.8 Å². The Hall–Kier alpha value is -2.98. The van der Waals surface area contributed by atoms with Crippen molar-refractivity contribution in [3.05, 3.63) is 70.0 Å². The van der Waals surface area contributed by atoms with E-state index in [0.29, 0.717) is 17.2 Å². The van der Waals surface area contributed by atoms with Gasteiger partial charge in [-0.05, 0) is 37.3 Å². The smallest absolute Gasteiger partial charge is 0.339 e. The van der Waals surface area contributed by atoms with Gasteiger partial charge in [0.05, 0.1) is 6.21 Å². The second kappa shape index (κ2) is 10.3. The van der Waals surface area contributed by atoms with Gasteiger partial charge in [0.2, 0.25) is 0 Å². The molecule has 2 aromatic carbocycles. The van der Waals surface area contributed by atoms with Crippen LogP contribution in [0.5, 0.6) is 5.75 Å². The third kappa shape index (κ3) is 6.52. The summed E-state index contributed by atoms with van der Waals surface area (Å²) >= 11 is 3.40. The SMILES string of the molecule is Cc1ccc(S(=O)(=O)Oc2ccc(Br)cc2/C=N/Nc2cc(N(C)C)nc(C(C)C)n2)cc1. The molecule has 0 saturated carbocycles. The second-order valence-corrected chi connectivity index (χ2v) is 10.4. The first-order valence-electron chi connectivity index (χ1n) is 10.2. The number of nitrogens with zero attached hydrogens (tertiary/aromatic N) is 4. The Morgan fingerprint density at radius 2 is 1.79 bits per heavy atom. The van der Waals surface area contributed by atoms with Gasteiger partial charge in [-0.3, -0.25) is 5.43 Å². The maximum absolute atomic E-state index is 12.7. The van der Waals surface area contributed by atoms with Gasteiger partial charge in [-0.1, -0.05) is 47.5 Å². The summed E-state index contributed by atoms with van der Waals surface area (Å²) in [5.74, 6) is 2.27. The zero-order valence-electron chi connectivity index (χ0n) is 19.1. The number of halogens is 1. The molecule has 0 atom stereocenters. The zero-order chi connectivity index (χ0) is 24.2. The van der Waals surface area contributed by atoms with Crippen LogP contribution in [0.15, 0.2) is 63.0 Å². The summed E-state index contributed by atoms with van der Waals surface area (Å²) < 4.78 is 31.6. The van der Waals surface area contributed by atoms with Gasteiger partial charge < -0.3 is 9.08 Å². The van der Waals surface area contributed by atoms with E-state index < -0.39 is 10.1 Å². The molecule has 33 heavy (non-hydrogen) atoms. The molecular formula is C23H26BrN5O3S. The van der Waals surface area contributed by atoms with Crippen LogP contribution in [-0.2, 0) is 10.1 Å². The maximum atomic E-state index is 12.7. The molecule has 0 saturated heterocycles. The van der Waals surface area contributed by atoms with Crippen LogP contribution in [0.1, 0.15) is 36.7 Å². The summed E-state index contributed by atoms with van der Waals surface area (Å²) in [5, 5.41) is 4.25. The van der Waals surface area contributed by atoms with Gasteiger partial charge in [0.25, 0.3) is 0 Å². The number of hydrogen-bond donors (Lipinski definition) is 1. The Kier molecular flexibility index (Phi) is 7.70. The number of nitrogens with one attached hydrogen (secondary N) is 1. The maximum Gasteiger partial charge on any atom is 0.339 e. The summed E-state index contributed by atoms with van der Waals surface area (Å²) in [4.78, 5) is 11.0. The number of anilines is 2. The summed E-state index contributed by atoms with van der Waals surface area (Å²) in [7, 11) is -0.193. The molecular weight excluding hydrogens is 506 g/mol. The second-order valence-electron chi connectivity index (χ2n) is 7.92. The van der Waals surface area contributed by atoms with Crippen molar-refractivity contribution in [1.29, 1.82) is 0 Å². The first-order chi connectivity index (χ1) is 15.5. The lowest BCUT2D eigenvalue weighted by Crippen LogP contribution is -2.14. The monoisotopic (exact) mass is 531 g/mol. The van der Waals surface area contributed by atoms with Gasteiger partial charge in [-0.15, -0.1) is 0 Å². The van der Waals surface area contributed by atoms with Gasteiger partial charge in [0.1, 0.15) is 16.5 Å². The van der Waals surface area contributed by atoms with Crippen molar-refractivity contribution in [1.82, 2.24) is 9.97 Å². The average Bonchev–Trinajstić information content (AvgIpc) is 2.75. The highest BCUT2D eigenvalue weighted by Gasteiger charge is 2.18. The van der Waals surface area contributed by atoms with Gasteiger partial charge in [0.15, 0.2) is 11.6 Å². The van der Waals surface area contributed by atoms with Gasteiger partial charge >= 0.3 is 10.1 Å². The molecule has 3 aromatic rings. The molecule has 0 amide bonds. The van der Waals surface area contributed by atoms with Crippen molar-refractivity contribution < 1.29 is 12.6 Å². The van der Waals surface area contributed by atoms with Crippen molar-refractivity contribution in [2.24, 2.45) is 5.10 Å². The number of benzene rings is 2. The number of aromatic nitrogens is 2. The summed E-state index contributed by atoms with van der Waals surface area (Å²) in [6, 6.07) is 13.2. The highest BCUT2D eigenvalue weighted by Crippen LogP contribution is 2.26. The molecule has 1 heterocycles. The minimum atomic E-state index is -4.00. The van der Waals surface area contributed by atoms with E-state index in [1.54, 1.807) is 36.4 Å². The topological polar surface area (TPSA) is 96.8 Å². The number of aryl methyl sites for hydroxylation is 1. The predicted molar refractivity (Wildman–Crippen MR) is 135 cm³/mol. The normalized spacial score (nSPS) is 11.7. The van der Waals surface area contributed by atoms with Gasteiger partial charge in [-0.25, -0.2) is 9.97 Å². The molecule has 0 fully saturated rings. The van der Waals surface area contributed by atoms with E-state index in [9.17, 15) is 8.42 Å². The van der Waals surface area contributed by atoms with E-state index >= 15 is 0 Å². The largest absolute Gasteiger partial charge is 0.378 e. The lowest BCUT2D eigenvalue weighted by molar-refractivity contribution is 0.485. The van der Waals surface area contributed by atoms with Crippen LogP contribution in [0.4, 0.5) is 11.6 Å². The molecule has 0 aliphatic carbocycles. The highest BCUT2D eigenvalue weighted by molar-refractivity contribution is 9.10. The lowest BCUT2D eigenvalue weighted by atomic mass is 10.2. The zero-order valence-corrected chi connectivity index (χ0v) is 21.5.